The second-order valence-corrected chi connectivity index (χ2v) is 4.94. The number of aliphatic hydroxyl groups excluding tert-OH is 1. The van der Waals surface area contributed by atoms with Gasteiger partial charge in [-0.25, -0.2) is 0 Å². The highest BCUT2D eigenvalue weighted by Crippen LogP contribution is 2.07. The summed E-state index contributed by atoms with van der Waals surface area (Å²) in [5, 5.41) is 21.1. The molecule has 1 rings (SSSR count). The van der Waals surface area contributed by atoms with Gasteiger partial charge in [0.2, 0.25) is 0 Å². The third-order valence-electron chi connectivity index (χ3n) is 3.11. The number of unbranched alkanes of at least 4 members (excludes halogenated alkanes) is 1. The van der Waals surface area contributed by atoms with Crippen molar-refractivity contribution in [1.82, 2.24) is 10.2 Å². The average molecular weight is 301 g/mol. The normalized spacial score (nSPS) is 10.9. The monoisotopic (exact) mass is 301 g/mol. The number of nitrogens with one attached hydrogen (secondary N) is 1. The first-order chi connectivity index (χ1) is 10.7. The van der Waals surface area contributed by atoms with Crippen LogP contribution in [-0.2, 0) is 11.3 Å². The van der Waals surface area contributed by atoms with E-state index in [0.29, 0.717) is 19.6 Å². The van der Waals surface area contributed by atoms with Gasteiger partial charge >= 0.3 is 0 Å². The standard InChI is InChI=1S/C17H23N3O2/c1-2-3-9-19-17(22)16(12-18)14-20(10-11-21)13-15-7-5-4-6-8-15/h4-8,14,21H,2-3,9-11,13H2,1H3,(H,19,22)/b16-14-. The molecule has 22 heavy (non-hydrogen) atoms. The second kappa shape index (κ2) is 10.4. The predicted octanol–water partition coefficient (Wildman–Crippen LogP) is 1.80. The maximum atomic E-state index is 12.0. The van der Waals surface area contributed by atoms with Crippen LogP contribution in [0.25, 0.3) is 0 Å². The van der Waals surface area contributed by atoms with E-state index in [4.69, 9.17) is 10.4 Å². The number of nitrogens with zero attached hydrogens (tertiary/aromatic N) is 2. The molecule has 0 spiro atoms. The van der Waals surface area contributed by atoms with Crippen LogP contribution in [-0.4, -0.2) is 35.6 Å². The molecule has 0 radical (unpaired) electrons. The molecular formula is C17H23N3O2. The van der Waals surface area contributed by atoms with Crippen LogP contribution in [0.15, 0.2) is 42.1 Å². The van der Waals surface area contributed by atoms with Crippen LogP contribution in [0.3, 0.4) is 0 Å². The van der Waals surface area contributed by atoms with E-state index in [1.165, 1.54) is 6.20 Å². The molecule has 0 aliphatic rings. The van der Waals surface area contributed by atoms with Gasteiger partial charge in [-0.3, -0.25) is 4.79 Å². The number of carbonyl (C=O) groups is 1. The molecule has 0 fully saturated rings. The summed E-state index contributed by atoms with van der Waals surface area (Å²) in [6, 6.07) is 11.6. The molecule has 5 heteroatoms. The maximum Gasteiger partial charge on any atom is 0.263 e. The lowest BCUT2D eigenvalue weighted by Crippen LogP contribution is -2.28. The Labute approximate surface area is 131 Å². The Morgan fingerprint density at radius 2 is 2.14 bits per heavy atom. The smallest absolute Gasteiger partial charge is 0.263 e. The van der Waals surface area contributed by atoms with E-state index in [1.807, 2.05) is 43.3 Å². The lowest BCUT2D eigenvalue weighted by atomic mass is 10.2. The highest BCUT2D eigenvalue weighted by atomic mass is 16.3. The molecule has 1 amide bonds. The minimum absolute atomic E-state index is 0.0422. The summed E-state index contributed by atoms with van der Waals surface area (Å²) in [4.78, 5) is 13.7. The fraction of sp³-hybridized carbons (Fsp3) is 0.412. The third kappa shape index (κ3) is 6.42. The predicted molar refractivity (Wildman–Crippen MR) is 85.6 cm³/mol. The minimum atomic E-state index is -0.369. The number of hydrogen-bond acceptors (Lipinski definition) is 4. The van der Waals surface area contributed by atoms with Crippen molar-refractivity contribution in [1.29, 1.82) is 5.26 Å². The molecule has 118 valence electrons. The van der Waals surface area contributed by atoms with Gasteiger partial charge in [0.1, 0.15) is 11.6 Å². The van der Waals surface area contributed by atoms with Crippen molar-refractivity contribution in [2.24, 2.45) is 0 Å². The molecule has 0 saturated carbocycles. The van der Waals surface area contributed by atoms with Crippen molar-refractivity contribution in [2.75, 3.05) is 19.7 Å². The minimum Gasteiger partial charge on any atom is -0.395 e. The highest BCUT2D eigenvalue weighted by Gasteiger charge is 2.11. The molecule has 1 aromatic rings. The summed E-state index contributed by atoms with van der Waals surface area (Å²) in [5.41, 5.74) is 1.11. The number of carbonyl (C=O) groups excluding carboxylic acids is 1. The van der Waals surface area contributed by atoms with Gasteiger partial charge in [-0.1, -0.05) is 43.7 Å². The Morgan fingerprint density at radius 3 is 2.73 bits per heavy atom. The van der Waals surface area contributed by atoms with E-state index in [-0.39, 0.29) is 18.1 Å². The molecule has 5 nitrogen and oxygen atoms in total. The molecule has 0 bridgehead atoms. The summed E-state index contributed by atoms with van der Waals surface area (Å²) < 4.78 is 0. The molecule has 0 saturated heterocycles. The van der Waals surface area contributed by atoms with E-state index in [1.54, 1.807) is 4.90 Å². The molecule has 0 atom stereocenters. The number of hydrogen-bond donors (Lipinski definition) is 2. The largest absolute Gasteiger partial charge is 0.395 e. The highest BCUT2D eigenvalue weighted by molar-refractivity contribution is 5.97. The fourth-order valence-electron chi connectivity index (χ4n) is 1.93. The van der Waals surface area contributed by atoms with Crippen LogP contribution in [0.5, 0.6) is 0 Å². The molecule has 0 aromatic heterocycles. The van der Waals surface area contributed by atoms with E-state index >= 15 is 0 Å². The quantitative estimate of drug-likeness (QED) is 0.414. The Kier molecular flexibility index (Phi) is 8.39. The zero-order chi connectivity index (χ0) is 16.2. The molecular weight excluding hydrogens is 278 g/mol. The number of rotatable bonds is 9. The van der Waals surface area contributed by atoms with Crippen LogP contribution in [0.2, 0.25) is 0 Å². The fourth-order valence-corrected chi connectivity index (χ4v) is 1.93. The van der Waals surface area contributed by atoms with Crippen LogP contribution >= 0.6 is 0 Å². The van der Waals surface area contributed by atoms with Crippen molar-refractivity contribution in [3.05, 3.63) is 47.7 Å². The number of nitriles is 1. The van der Waals surface area contributed by atoms with Crippen molar-refractivity contribution in [3.63, 3.8) is 0 Å². The number of benzene rings is 1. The van der Waals surface area contributed by atoms with Gasteiger partial charge in [-0.2, -0.15) is 5.26 Å². The van der Waals surface area contributed by atoms with Gasteiger partial charge in [-0.05, 0) is 12.0 Å². The van der Waals surface area contributed by atoms with Gasteiger partial charge < -0.3 is 15.3 Å². The Bertz CT molecular complexity index is 520. The lowest BCUT2D eigenvalue weighted by Gasteiger charge is -2.20. The molecule has 0 unspecified atom stereocenters. The zero-order valence-corrected chi connectivity index (χ0v) is 13.0. The van der Waals surface area contributed by atoms with Gasteiger partial charge in [0, 0.05) is 25.8 Å². The summed E-state index contributed by atoms with van der Waals surface area (Å²) >= 11 is 0. The summed E-state index contributed by atoms with van der Waals surface area (Å²) in [6.45, 7) is 3.46. The lowest BCUT2D eigenvalue weighted by molar-refractivity contribution is -0.117. The van der Waals surface area contributed by atoms with Crippen LogP contribution in [0.1, 0.15) is 25.3 Å². The number of amides is 1. The first-order valence-corrected chi connectivity index (χ1v) is 7.50. The molecule has 0 heterocycles. The van der Waals surface area contributed by atoms with Gasteiger partial charge in [-0.15, -0.1) is 0 Å². The van der Waals surface area contributed by atoms with Crippen molar-refractivity contribution in [2.45, 2.75) is 26.3 Å². The topological polar surface area (TPSA) is 76.4 Å². The van der Waals surface area contributed by atoms with Gasteiger partial charge in [0.05, 0.1) is 6.61 Å². The Hall–Kier alpha value is -2.32. The maximum absolute atomic E-state index is 12.0. The Morgan fingerprint density at radius 1 is 1.41 bits per heavy atom. The van der Waals surface area contributed by atoms with E-state index in [2.05, 4.69) is 5.32 Å². The van der Waals surface area contributed by atoms with E-state index in [0.717, 1.165) is 18.4 Å². The average Bonchev–Trinajstić information content (AvgIpc) is 2.53. The van der Waals surface area contributed by atoms with Gasteiger partial charge in [0.15, 0.2) is 0 Å². The van der Waals surface area contributed by atoms with Gasteiger partial charge in [0.25, 0.3) is 5.91 Å². The molecule has 2 N–H and O–H groups in total. The van der Waals surface area contributed by atoms with Crippen molar-refractivity contribution in [3.8, 4) is 6.07 Å². The van der Waals surface area contributed by atoms with E-state index < -0.39 is 0 Å². The third-order valence-corrected chi connectivity index (χ3v) is 3.11. The first kappa shape index (κ1) is 17.7. The summed E-state index contributed by atoms with van der Waals surface area (Å²) in [6.07, 6.45) is 3.38. The summed E-state index contributed by atoms with van der Waals surface area (Å²) in [7, 11) is 0. The van der Waals surface area contributed by atoms with Crippen molar-refractivity contribution < 1.29 is 9.90 Å². The van der Waals surface area contributed by atoms with Crippen LogP contribution in [0.4, 0.5) is 0 Å². The van der Waals surface area contributed by atoms with Crippen LogP contribution in [0, 0.1) is 11.3 Å². The zero-order valence-electron chi connectivity index (χ0n) is 13.0. The first-order valence-electron chi connectivity index (χ1n) is 7.50. The Balaban J connectivity index is 2.75. The molecule has 1 aromatic carbocycles. The van der Waals surface area contributed by atoms with Crippen molar-refractivity contribution >= 4 is 5.91 Å². The summed E-state index contributed by atoms with van der Waals surface area (Å²) in [5.74, 6) is -0.369. The number of aliphatic hydroxyl groups is 1. The molecule has 0 aliphatic carbocycles. The SMILES string of the molecule is CCCCNC(=O)/C(C#N)=C\N(CCO)Cc1ccccc1. The second-order valence-electron chi connectivity index (χ2n) is 4.94. The molecule has 0 aliphatic heterocycles. The van der Waals surface area contributed by atoms with E-state index in [9.17, 15) is 4.79 Å². The van der Waals surface area contributed by atoms with Crippen LogP contribution < -0.4 is 5.32 Å².